The van der Waals surface area contributed by atoms with Crippen LogP contribution >= 0.6 is 0 Å². The molecule has 0 bridgehead atoms. The Morgan fingerprint density at radius 3 is 2.61 bits per heavy atom. The maximum atomic E-state index is 12.4. The van der Waals surface area contributed by atoms with E-state index in [1.165, 1.54) is 7.11 Å². The summed E-state index contributed by atoms with van der Waals surface area (Å²) >= 11 is 0. The lowest BCUT2D eigenvalue weighted by Gasteiger charge is -2.12. The number of alkyl halides is 3. The zero-order valence-electron chi connectivity index (χ0n) is 9.40. The summed E-state index contributed by atoms with van der Waals surface area (Å²) in [4.78, 5) is 9.59. The van der Waals surface area contributed by atoms with Crippen LogP contribution in [0, 0.1) is 0 Å². The highest BCUT2D eigenvalue weighted by Crippen LogP contribution is 2.26. The summed E-state index contributed by atoms with van der Waals surface area (Å²) in [6.07, 6.45) is -5.61. The molecule has 0 saturated carbocycles. The van der Waals surface area contributed by atoms with Crippen molar-refractivity contribution in [2.45, 2.75) is 12.3 Å². The predicted molar refractivity (Wildman–Crippen MR) is 55.6 cm³/mol. The number of aliphatic hydroxyl groups is 1. The third kappa shape index (κ3) is 4.30. The van der Waals surface area contributed by atoms with Crippen molar-refractivity contribution in [1.29, 1.82) is 0 Å². The summed E-state index contributed by atoms with van der Waals surface area (Å²) in [5.41, 5.74) is 5.13. The molecule has 1 rings (SSSR count). The second-order valence-electron chi connectivity index (χ2n) is 3.33. The number of nitrogens with one attached hydrogen (secondary N) is 1. The van der Waals surface area contributed by atoms with Crippen molar-refractivity contribution >= 4 is 11.9 Å². The quantitative estimate of drug-likeness (QED) is 0.683. The van der Waals surface area contributed by atoms with E-state index in [1.54, 1.807) is 0 Å². The summed E-state index contributed by atoms with van der Waals surface area (Å²) in [5, 5.41) is 11.7. The minimum absolute atomic E-state index is 0.0275. The van der Waals surface area contributed by atoms with Gasteiger partial charge in [-0.15, -0.1) is 0 Å². The Morgan fingerprint density at radius 2 is 2.06 bits per heavy atom. The van der Waals surface area contributed by atoms with Crippen molar-refractivity contribution in [3.8, 4) is 0 Å². The lowest BCUT2D eigenvalue weighted by Crippen LogP contribution is -2.26. The maximum absolute atomic E-state index is 12.4. The molecule has 102 valence electrons. The fourth-order valence-corrected chi connectivity index (χ4v) is 1.06. The molecule has 0 aromatic carbocycles. The van der Waals surface area contributed by atoms with Gasteiger partial charge in [0.05, 0.1) is 12.7 Å². The van der Waals surface area contributed by atoms with E-state index in [0.717, 1.165) is 0 Å². The number of hydrogen-bond acceptors (Lipinski definition) is 7. The minimum atomic E-state index is -4.71. The molecule has 1 aromatic rings. The maximum Gasteiger partial charge on any atom is 0.451 e. The zero-order valence-corrected chi connectivity index (χ0v) is 9.40. The second kappa shape index (κ2) is 5.78. The number of hydrogen-bond donors (Lipinski definition) is 3. The highest BCUT2D eigenvalue weighted by molar-refractivity contribution is 5.31. The minimum Gasteiger partial charge on any atom is -0.389 e. The predicted octanol–water partition coefficient (Wildman–Crippen LogP) is -0.108. The van der Waals surface area contributed by atoms with Gasteiger partial charge in [0.1, 0.15) is 0 Å². The largest absolute Gasteiger partial charge is 0.451 e. The van der Waals surface area contributed by atoms with Crippen LogP contribution in [0.1, 0.15) is 5.82 Å². The smallest absolute Gasteiger partial charge is 0.389 e. The SMILES string of the molecule is COCC(O)CNc1nc(N)nc(C(F)(F)F)n1. The highest BCUT2D eigenvalue weighted by Gasteiger charge is 2.35. The molecule has 0 aliphatic carbocycles. The van der Waals surface area contributed by atoms with Gasteiger partial charge in [-0.05, 0) is 0 Å². The first-order chi connectivity index (χ1) is 8.32. The van der Waals surface area contributed by atoms with Gasteiger partial charge in [-0.3, -0.25) is 0 Å². The zero-order chi connectivity index (χ0) is 13.8. The van der Waals surface area contributed by atoms with Crippen molar-refractivity contribution in [3.05, 3.63) is 5.82 Å². The molecule has 10 heteroatoms. The van der Waals surface area contributed by atoms with Gasteiger partial charge in [0.2, 0.25) is 17.7 Å². The van der Waals surface area contributed by atoms with Gasteiger partial charge in [-0.2, -0.15) is 28.1 Å². The van der Waals surface area contributed by atoms with Gasteiger partial charge in [-0.1, -0.05) is 0 Å². The average Bonchev–Trinajstić information content (AvgIpc) is 2.25. The Bertz CT molecular complexity index is 401. The molecule has 1 heterocycles. The molecule has 0 radical (unpaired) electrons. The Morgan fingerprint density at radius 1 is 1.39 bits per heavy atom. The Kier molecular flexibility index (Phi) is 4.62. The summed E-state index contributed by atoms with van der Waals surface area (Å²) in [5.74, 6) is -2.30. The van der Waals surface area contributed by atoms with Gasteiger partial charge in [0.15, 0.2) is 0 Å². The van der Waals surface area contributed by atoms with Crippen LogP contribution in [0.2, 0.25) is 0 Å². The first-order valence-corrected chi connectivity index (χ1v) is 4.82. The van der Waals surface area contributed by atoms with Crippen LogP contribution in [0.25, 0.3) is 0 Å². The van der Waals surface area contributed by atoms with Crippen molar-refractivity contribution in [2.75, 3.05) is 31.3 Å². The molecule has 1 unspecified atom stereocenters. The first-order valence-electron chi connectivity index (χ1n) is 4.82. The number of anilines is 2. The van der Waals surface area contributed by atoms with E-state index >= 15 is 0 Å². The van der Waals surface area contributed by atoms with Crippen LogP contribution in [0.5, 0.6) is 0 Å². The average molecular weight is 267 g/mol. The molecule has 0 amide bonds. The summed E-state index contributed by atoms with van der Waals surface area (Å²) in [6.45, 7) is -0.0473. The van der Waals surface area contributed by atoms with E-state index in [0.29, 0.717) is 0 Å². The second-order valence-corrected chi connectivity index (χ2v) is 3.33. The van der Waals surface area contributed by atoms with Crippen LogP contribution in [0.3, 0.4) is 0 Å². The van der Waals surface area contributed by atoms with Gasteiger partial charge in [-0.25, -0.2) is 0 Å². The Hall–Kier alpha value is -1.68. The third-order valence-corrected chi connectivity index (χ3v) is 1.76. The number of nitrogen functional groups attached to an aromatic ring is 1. The summed E-state index contributed by atoms with van der Waals surface area (Å²) in [6, 6.07) is 0. The van der Waals surface area contributed by atoms with E-state index in [4.69, 9.17) is 5.73 Å². The molecular formula is C8H12F3N5O2. The molecule has 1 aromatic heterocycles. The number of nitrogens with zero attached hydrogens (tertiary/aromatic N) is 3. The van der Waals surface area contributed by atoms with E-state index < -0.39 is 24.1 Å². The van der Waals surface area contributed by atoms with Crippen LogP contribution in [-0.4, -0.2) is 46.4 Å². The molecule has 0 fully saturated rings. The number of ether oxygens (including phenoxy) is 1. The van der Waals surface area contributed by atoms with Gasteiger partial charge in [0, 0.05) is 13.7 Å². The molecule has 4 N–H and O–H groups in total. The molecule has 0 saturated heterocycles. The van der Waals surface area contributed by atoms with E-state index in [-0.39, 0.29) is 19.1 Å². The lowest BCUT2D eigenvalue weighted by atomic mass is 10.4. The number of aromatic nitrogens is 3. The molecule has 1 atom stereocenters. The van der Waals surface area contributed by atoms with Crippen LogP contribution in [0.15, 0.2) is 0 Å². The highest BCUT2D eigenvalue weighted by atomic mass is 19.4. The van der Waals surface area contributed by atoms with Gasteiger partial charge >= 0.3 is 6.18 Å². The number of rotatable bonds is 5. The first kappa shape index (κ1) is 14.4. The van der Waals surface area contributed by atoms with E-state index in [2.05, 4.69) is 25.0 Å². The molecule has 0 aliphatic rings. The summed E-state index contributed by atoms with van der Waals surface area (Å²) < 4.78 is 41.7. The van der Waals surface area contributed by atoms with Gasteiger partial charge < -0.3 is 20.9 Å². The van der Waals surface area contributed by atoms with Crippen molar-refractivity contribution in [1.82, 2.24) is 15.0 Å². The number of methoxy groups -OCH3 is 1. The van der Waals surface area contributed by atoms with Crippen LogP contribution in [-0.2, 0) is 10.9 Å². The Balaban J connectivity index is 2.75. The number of halogens is 3. The van der Waals surface area contributed by atoms with Crippen molar-refractivity contribution < 1.29 is 23.0 Å². The van der Waals surface area contributed by atoms with Crippen LogP contribution < -0.4 is 11.1 Å². The van der Waals surface area contributed by atoms with E-state index in [1.807, 2.05) is 0 Å². The molecule has 0 aliphatic heterocycles. The normalized spacial score (nSPS) is 13.4. The van der Waals surface area contributed by atoms with Gasteiger partial charge in [0.25, 0.3) is 0 Å². The lowest BCUT2D eigenvalue weighted by molar-refractivity contribution is -0.144. The topological polar surface area (TPSA) is 106 Å². The molecule has 0 spiro atoms. The monoisotopic (exact) mass is 267 g/mol. The molecular weight excluding hydrogens is 255 g/mol. The number of nitrogens with two attached hydrogens (primary N) is 1. The third-order valence-electron chi connectivity index (χ3n) is 1.76. The standard InChI is InChI=1S/C8H12F3N5O2/c1-18-3-4(17)2-13-7-15-5(8(9,10)11)14-6(12)16-7/h4,17H,2-3H2,1H3,(H3,12,13,14,15,16). The molecule has 18 heavy (non-hydrogen) atoms. The fourth-order valence-electron chi connectivity index (χ4n) is 1.06. The fraction of sp³-hybridized carbons (Fsp3) is 0.625. The van der Waals surface area contributed by atoms with Crippen molar-refractivity contribution in [3.63, 3.8) is 0 Å². The van der Waals surface area contributed by atoms with E-state index in [9.17, 15) is 18.3 Å². The number of aliphatic hydroxyl groups excluding tert-OH is 1. The van der Waals surface area contributed by atoms with Crippen molar-refractivity contribution in [2.24, 2.45) is 0 Å². The summed E-state index contributed by atoms with van der Waals surface area (Å²) in [7, 11) is 1.38. The molecule has 7 nitrogen and oxygen atoms in total. The Labute approximate surface area is 100 Å². The van der Waals surface area contributed by atoms with Crippen LogP contribution in [0.4, 0.5) is 25.1 Å².